The Labute approximate surface area is 92.8 Å². The molecular weight excluding hydrogens is 200 g/mol. The van der Waals surface area contributed by atoms with Crippen LogP contribution in [0.25, 0.3) is 22.1 Å². The smallest absolute Gasteiger partial charge is 0.133 e. The lowest BCUT2D eigenvalue weighted by Gasteiger charge is -2.15. The van der Waals surface area contributed by atoms with E-state index in [-0.39, 0.29) is 5.75 Å². The van der Waals surface area contributed by atoms with Crippen LogP contribution in [0.15, 0.2) is 59.2 Å². The van der Waals surface area contributed by atoms with Crippen LogP contribution in [-0.4, -0.2) is 0 Å². The fourth-order valence-electron chi connectivity index (χ4n) is 1.87. The van der Waals surface area contributed by atoms with Gasteiger partial charge in [0.05, 0.1) is 6.26 Å². The summed E-state index contributed by atoms with van der Waals surface area (Å²) in [5.41, 5.74) is 0.615. The van der Waals surface area contributed by atoms with Gasteiger partial charge in [0.1, 0.15) is 5.76 Å². The van der Waals surface area contributed by atoms with Crippen LogP contribution in [0.3, 0.4) is 0 Å². The normalized spacial score (nSPS) is 10.8. The Hall–Kier alpha value is -2.22. The molecule has 0 aliphatic carbocycles. The van der Waals surface area contributed by atoms with E-state index in [9.17, 15) is 5.11 Å². The van der Waals surface area contributed by atoms with E-state index in [0.29, 0.717) is 11.3 Å². The van der Waals surface area contributed by atoms with Crippen LogP contribution in [0, 0.1) is 0 Å². The number of hydrogen-bond donors (Lipinski definition) is 0. The second-order valence-corrected chi connectivity index (χ2v) is 3.64. The van der Waals surface area contributed by atoms with Crippen molar-refractivity contribution in [3.05, 3.63) is 54.8 Å². The van der Waals surface area contributed by atoms with Crippen LogP contribution in [0.1, 0.15) is 0 Å². The first-order chi connectivity index (χ1) is 7.86. The molecule has 2 aromatic carbocycles. The molecule has 1 aromatic heterocycles. The van der Waals surface area contributed by atoms with Crippen molar-refractivity contribution in [1.29, 1.82) is 0 Å². The summed E-state index contributed by atoms with van der Waals surface area (Å²) in [6.45, 7) is 0. The van der Waals surface area contributed by atoms with Crippen LogP contribution in [0.4, 0.5) is 0 Å². The maximum atomic E-state index is 12.2. The quantitative estimate of drug-likeness (QED) is 0.617. The fraction of sp³-hybridized carbons (Fsp3) is 0. The fourth-order valence-corrected chi connectivity index (χ4v) is 1.87. The van der Waals surface area contributed by atoms with Crippen LogP contribution in [-0.2, 0) is 0 Å². The number of hydrogen-bond acceptors (Lipinski definition) is 2. The summed E-state index contributed by atoms with van der Waals surface area (Å²) in [6.07, 6.45) is 1.57. The summed E-state index contributed by atoms with van der Waals surface area (Å²) in [5, 5.41) is 13.9. The predicted octanol–water partition coefficient (Wildman–Crippen LogP) is 3.17. The lowest BCUT2D eigenvalue weighted by Crippen LogP contribution is -1.94. The highest BCUT2D eigenvalue weighted by molar-refractivity contribution is 5.93. The van der Waals surface area contributed by atoms with Crippen LogP contribution >= 0.6 is 0 Å². The van der Waals surface area contributed by atoms with Gasteiger partial charge in [0, 0.05) is 5.56 Å². The van der Waals surface area contributed by atoms with Crippen LogP contribution in [0.5, 0.6) is 5.75 Å². The first kappa shape index (κ1) is 9.04. The van der Waals surface area contributed by atoms with Crippen molar-refractivity contribution in [3.8, 4) is 17.1 Å². The van der Waals surface area contributed by atoms with Gasteiger partial charge in [0.25, 0.3) is 0 Å². The molecule has 3 rings (SSSR count). The second-order valence-electron chi connectivity index (χ2n) is 3.64. The molecule has 1 heterocycles. The van der Waals surface area contributed by atoms with Crippen molar-refractivity contribution in [1.82, 2.24) is 0 Å². The average molecular weight is 209 g/mol. The van der Waals surface area contributed by atoms with Crippen LogP contribution in [0.2, 0.25) is 0 Å². The summed E-state index contributed by atoms with van der Waals surface area (Å²) < 4.78 is 5.25. The molecule has 78 valence electrons. The van der Waals surface area contributed by atoms with Gasteiger partial charge in [-0.1, -0.05) is 42.1 Å². The van der Waals surface area contributed by atoms with Gasteiger partial charge in [0.15, 0.2) is 0 Å². The standard InChI is InChI=1S/C14H10O2/c15-14-11-5-2-1-4-10(11)7-8-12(14)13-6-3-9-16-13/h1-9,15H/p-1. The zero-order chi connectivity index (χ0) is 11.0. The molecule has 16 heavy (non-hydrogen) atoms. The average Bonchev–Trinajstić information content (AvgIpc) is 2.83. The number of fused-ring (bicyclic) bond motifs is 1. The topological polar surface area (TPSA) is 36.2 Å². The van der Waals surface area contributed by atoms with Crippen molar-refractivity contribution in [2.45, 2.75) is 0 Å². The van der Waals surface area contributed by atoms with E-state index in [0.717, 1.165) is 10.8 Å². The monoisotopic (exact) mass is 209 g/mol. The third kappa shape index (κ3) is 1.27. The van der Waals surface area contributed by atoms with Crippen molar-refractivity contribution in [2.24, 2.45) is 0 Å². The van der Waals surface area contributed by atoms with E-state index in [1.165, 1.54) is 0 Å². The zero-order valence-electron chi connectivity index (χ0n) is 8.51. The van der Waals surface area contributed by atoms with Crippen molar-refractivity contribution >= 4 is 10.8 Å². The lowest BCUT2D eigenvalue weighted by molar-refractivity contribution is -0.264. The molecule has 0 spiro atoms. The summed E-state index contributed by atoms with van der Waals surface area (Å²) in [4.78, 5) is 0. The number of furan rings is 1. The van der Waals surface area contributed by atoms with Gasteiger partial charge in [-0.15, -0.1) is 0 Å². The summed E-state index contributed by atoms with van der Waals surface area (Å²) in [7, 11) is 0. The van der Waals surface area contributed by atoms with Crippen molar-refractivity contribution in [2.75, 3.05) is 0 Å². The van der Waals surface area contributed by atoms with Gasteiger partial charge >= 0.3 is 0 Å². The van der Waals surface area contributed by atoms with Gasteiger partial charge in [-0.25, -0.2) is 0 Å². The van der Waals surface area contributed by atoms with E-state index in [4.69, 9.17) is 4.42 Å². The SMILES string of the molecule is [O-]c1c(-c2ccco2)ccc2ccccc12. The van der Waals surface area contributed by atoms with E-state index in [1.807, 2.05) is 36.4 Å². The third-order valence-electron chi connectivity index (χ3n) is 2.67. The molecule has 0 radical (unpaired) electrons. The molecule has 0 amide bonds. The number of rotatable bonds is 1. The first-order valence-electron chi connectivity index (χ1n) is 5.09. The van der Waals surface area contributed by atoms with Gasteiger partial charge in [-0.05, 0) is 22.9 Å². The lowest BCUT2D eigenvalue weighted by atomic mass is 10.0. The summed E-state index contributed by atoms with van der Waals surface area (Å²) in [6, 6.07) is 14.9. The molecule has 0 bridgehead atoms. The molecule has 0 saturated heterocycles. The number of benzene rings is 2. The van der Waals surface area contributed by atoms with Gasteiger partial charge in [-0.3, -0.25) is 0 Å². The summed E-state index contributed by atoms with van der Waals surface area (Å²) >= 11 is 0. The van der Waals surface area contributed by atoms with E-state index >= 15 is 0 Å². The molecule has 0 aliphatic rings. The minimum absolute atomic E-state index is 0.0213. The Bertz CT molecular complexity index is 624. The minimum Gasteiger partial charge on any atom is -0.872 e. The van der Waals surface area contributed by atoms with E-state index in [1.54, 1.807) is 18.4 Å². The molecule has 0 unspecified atom stereocenters. The molecule has 0 atom stereocenters. The molecule has 0 N–H and O–H groups in total. The van der Waals surface area contributed by atoms with Crippen molar-refractivity contribution < 1.29 is 9.52 Å². The van der Waals surface area contributed by atoms with Crippen molar-refractivity contribution in [3.63, 3.8) is 0 Å². The Morgan fingerprint density at radius 3 is 2.56 bits per heavy atom. The predicted molar refractivity (Wildman–Crippen MR) is 61.1 cm³/mol. The van der Waals surface area contributed by atoms with Gasteiger partial charge in [-0.2, -0.15) is 0 Å². The Balaban J connectivity index is 2.32. The first-order valence-corrected chi connectivity index (χ1v) is 5.09. The Morgan fingerprint density at radius 2 is 1.75 bits per heavy atom. The summed E-state index contributed by atoms with van der Waals surface area (Å²) in [5.74, 6) is 0.642. The highest BCUT2D eigenvalue weighted by atomic mass is 16.3. The third-order valence-corrected chi connectivity index (χ3v) is 2.67. The molecule has 0 saturated carbocycles. The Kier molecular flexibility index (Phi) is 1.93. The zero-order valence-corrected chi connectivity index (χ0v) is 8.51. The Morgan fingerprint density at radius 1 is 0.875 bits per heavy atom. The molecule has 3 aromatic rings. The molecule has 2 nitrogen and oxygen atoms in total. The minimum atomic E-state index is 0.0213. The highest BCUT2D eigenvalue weighted by Crippen LogP contribution is 2.33. The largest absolute Gasteiger partial charge is 0.872 e. The molecule has 0 aliphatic heterocycles. The maximum absolute atomic E-state index is 12.2. The molecular formula is C14H9O2-. The second kappa shape index (κ2) is 3.42. The maximum Gasteiger partial charge on any atom is 0.133 e. The van der Waals surface area contributed by atoms with E-state index < -0.39 is 0 Å². The van der Waals surface area contributed by atoms with Crippen LogP contribution < -0.4 is 5.11 Å². The molecule has 0 fully saturated rings. The van der Waals surface area contributed by atoms with Gasteiger partial charge in [0.2, 0.25) is 0 Å². The highest BCUT2D eigenvalue weighted by Gasteiger charge is 2.03. The van der Waals surface area contributed by atoms with Gasteiger partial charge < -0.3 is 9.52 Å². The van der Waals surface area contributed by atoms with E-state index in [2.05, 4.69) is 0 Å². The molecule has 2 heteroatoms.